The fourth-order valence-corrected chi connectivity index (χ4v) is 1.98. The lowest BCUT2D eigenvalue weighted by Gasteiger charge is -2.16. The fourth-order valence-electron chi connectivity index (χ4n) is 1.98. The molecule has 1 aromatic carbocycles. The minimum Gasteiger partial charge on any atom is -0.496 e. The highest BCUT2D eigenvalue weighted by Gasteiger charge is 2.41. The number of alkyl halides is 1. The molecule has 1 N–H and O–H groups in total. The molecule has 0 spiro atoms. The van der Waals surface area contributed by atoms with Gasteiger partial charge in [-0.1, -0.05) is 18.2 Å². The topological polar surface area (TPSA) is 29.5 Å². The highest BCUT2D eigenvalue weighted by molar-refractivity contribution is 5.43. The second kappa shape index (κ2) is 4.06. The summed E-state index contributed by atoms with van der Waals surface area (Å²) < 4.78 is 18.6. The lowest BCUT2D eigenvalue weighted by Crippen LogP contribution is -2.12. The van der Waals surface area contributed by atoms with Crippen LogP contribution in [-0.2, 0) is 6.42 Å². The van der Waals surface area contributed by atoms with Crippen LogP contribution in [0.2, 0.25) is 0 Å². The van der Waals surface area contributed by atoms with Crippen LogP contribution in [-0.4, -0.2) is 17.8 Å². The van der Waals surface area contributed by atoms with Gasteiger partial charge in [0.2, 0.25) is 0 Å². The van der Waals surface area contributed by atoms with Crippen molar-refractivity contribution < 1.29 is 14.2 Å². The maximum absolute atomic E-state index is 13.4. The number of aliphatic hydroxyl groups is 1. The van der Waals surface area contributed by atoms with Gasteiger partial charge in [-0.05, 0) is 25.3 Å². The average molecular weight is 224 g/mol. The van der Waals surface area contributed by atoms with E-state index in [0.29, 0.717) is 17.7 Å². The van der Waals surface area contributed by atoms with Crippen molar-refractivity contribution in [2.45, 2.75) is 38.0 Å². The smallest absolute Gasteiger partial charge is 0.128 e. The normalized spacial score (nSPS) is 19.2. The van der Waals surface area contributed by atoms with E-state index in [2.05, 4.69) is 0 Å². The van der Waals surface area contributed by atoms with Gasteiger partial charge in [0.1, 0.15) is 11.9 Å². The van der Waals surface area contributed by atoms with E-state index in [0.717, 1.165) is 18.4 Å². The van der Waals surface area contributed by atoms with Gasteiger partial charge in [0.25, 0.3) is 0 Å². The average Bonchev–Trinajstić information content (AvgIpc) is 2.95. The Morgan fingerprint density at radius 1 is 1.50 bits per heavy atom. The highest BCUT2D eigenvalue weighted by Crippen LogP contribution is 2.41. The molecule has 0 aliphatic heterocycles. The quantitative estimate of drug-likeness (QED) is 0.852. The minimum atomic E-state index is -1.05. The van der Waals surface area contributed by atoms with Gasteiger partial charge in [-0.2, -0.15) is 0 Å². The van der Waals surface area contributed by atoms with Gasteiger partial charge in [-0.25, -0.2) is 4.39 Å². The molecule has 1 aliphatic rings. The zero-order valence-corrected chi connectivity index (χ0v) is 9.66. The first-order valence-corrected chi connectivity index (χ1v) is 5.58. The summed E-state index contributed by atoms with van der Waals surface area (Å²) in [7, 11) is 1.54. The molecule has 0 radical (unpaired) electrons. The van der Waals surface area contributed by atoms with Crippen LogP contribution >= 0.6 is 0 Å². The van der Waals surface area contributed by atoms with Crippen LogP contribution in [0.4, 0.5) is 4.39 Å². The molecule has 1 saturated carbocycles. The Kier molecular flexibility index (Phi) is 2.89. The maximum atomic E-state index is 13.4. The van der Waals surface area contributed by atoms with Crippen molar-refractivity contribution in [1.29, 1.82) is 0 Å². The zero-order valence-electron chi connectivity index (χ0n) is 9.66. The monoisotopic (exact) mass is 224 g/mol. The third kappa shape index (κ3) is 2.19. The molecular weight excluding hydrogens is 207 g/mol. The molecule has 0 bridgehead atoms. The van der Waals surface area contributed by atoms with Crippen LogP contribution in [0.15, 0.2) is 18.2 Å². The molecule has 1 atom stereocenters. The van der Waals surface area contributed by atoms with Gasteiger partial charge in [0, 0.05) is 12.0 Å². The molecule has 0 aromatic heterocycles. The first kappa shape index (κ1) is 11.4. The third-order valence-corrected chi connectivity index (χ3v) is 3.11. The molecule has 3 heteroatoms. The number of rotatable bonds is 4. The minimum absolute atomic E-state index is 0.552. The summed E-state index contributed by atoms with van der Waals surface area (Å²) in [5.74, 6) is 0.581. The van der Waals surface area contributed by atoms with Gasteiger partial charge < -0.3 is 9.84 Å². The largest absolute Gasteiger partial charge is 0.496 e. The Bertz CT molecular complexity index is 384. The van der Waals surface area contributed by atoms with Gasteiger partial charge in [-0.15, -0.1) is 0 Å². The molecule has 1 unspecified atom stereocenters. The number of hydrogen-bond acceptors (Lipinski definition) is 2. The molecular formula is C13H17FO2. The summed E-state index contributed by atoms with van der Waals surface area (Å²) in [6.45, 7) is 1.49. The third-order valence-electron chi connectivity index (χ3n) is 3.11. The van der Waals surface area contributed by atoms with E-state index in [1.807, 2.05) is 12.1 Å². The predicted molar refractivity (Wildman–Crippen MR) is 60.4 cm³/mol. The van der Waals surface area contributed by atoms with Gasteiger partial charge in [0.15, 0.2) is 0 Å². The SMILES string of the molecule is COc1c(CC2(O)CC2)cccc1C(C)F. The Morgan fingerprint density at radius 3 is 2.69 bits per heavy atom. The van der Waals surface area contributed by atoms with E-state index in [-0.39, 0.29) is 0 Å². The van der Waals surface area contributed by atoms with Crippen molar-refractivity contribution in [2.24, 2.45) is 0 Å². The first-order chi connectivity index (χ1) is 7.56. The summed E-state index contributed by atoms with van der Waals surface area (Å²) in [6.07, 6.45) is 1.15. The zero-order chi connectivity index (χ0) is 11.8. The predicted octanol–water partition coefficient (Wildman–Crippen LogP) is 2.79. The van der Waals surface area contributed by atoms with Gasteiger partial charge in [0.05, 0.1) is 12.7 Å². The fraction of sp³-hybridized carbons (Fsp3) is 0.538. The molecule has 16 heavy (non-hydrogen) atoms. The van der Waals surface area contributed by atoms with Crippen molar-refractivity contribution >= 4 is 0 Å². The molecule has 1 aliphatic carbocycles. The maximum Gasteiger partial charge on any atom is 0.128 e. The molecule has 0 heterocycles. The summed E-state index contributed by atoms with van der Waals surface area (Å²) >= 11 is 0. The van der Waals surface area contributed by atoms with Crippen molar-refractivity contribution in [2.75, 3.05) is 7.11 Å². The van der Waals surface area contributed by atoms with Crippen LogP contribution in [0.5, 0.6) is 5.75 Å². The van der Waals surface area contributed by atoms with E-state index < -0.39 is 11.8 Å². The molecule has 1 aromatic rings. The standard InChI is InChI=1S/C13H17FO2/c1-9(14)11-5-3-4-10(12(11)16-2)8-13(15)6-7-13/h3-5,9,15H,6-8H2,1-2H3. The van der Waals surface area contributed by atoms with Crippen LogP contribution in [0, 0.1) is 0 Å². The lowest BCUT2D eigenvalue weighted by molar-refractivity contribution is 0.149. The van der Waals surface area contributed by atoms with E-state index in [4.69, 9.17) is 4.74 Å². The van der Waals surface area contributed by atoms with Crippen LogP contribution in [0.3, 0.4) is 0 Å². The van der Waals surface area contributed by atoms with E-state index in [9.17, 15) is 9.50 Å². The molecule has 0 amide bonds. The molecule has 2 nitrogen and oxygen atoms in total. The second-order valence-electron chi connectivity index (χ2n) is 4.56. The van der Waals surface area contributed by atoms with Gasteiger partial charge >= 0.3 is 0 Å². The molecule has 2 rings (SSSR count). The number of halogens is 1. The summed E-state index contributed by atoms with van der Waals surface area (Å²) in [4.78, 5) is 0. The molecule has 1 fully saturated rings. The Balaban J connectivity index is 2.32. The van der Waals surface area contributed by atoms with Gasteiger partial charge in [-0.3, -0.25) is 0 Å². The first-order valence-electron chi connectivity index (χ1n) is 5.58. The number of methoxy groups -OCH3 is 1. The lowest BCUT2D eigenvalue weighted by atomic mass is 10.00. The van der Waals surface area contributed by atoms with E-state index in [1.54, 1.807) is 13.2 Å². The highest BCUT2D eigenvalue weighted by atomic mass is 19.1. The summed E-state index contributed by atoms with van der Waals surface area (Å²) in [5.41, 5.74) is 0.875. The second-order valence-corrected chi connectivity index (χ2v) is 4.56. The van der Waals surface area contributed by atoms with Crippen molar-refractivity contribution in [1.82, 2.24) is 0 Å². The van der Waals surface area contributed by atoms with E-state index in [1.165, 1.54) is 6.92 Å². The van der Waals surface area contributed by atoms with Crippen LogP contribution < -0.4 is 4.74 Å². The van der Waals surface area contributed by atoms with Crippen molar-refractivity contribution in [3.8, 4) is 5.75 Å². The van der Waals surface area contributed by atoms with Crippen molar-refractivity contribution in [3.05, 3.63) is 29.3 Å². The Morgan fingerprint density at radius 2 is 2.19 bits per heavy atom. The number of hydrogen-bond donors (Lipinski definition) is 1. The van der Waals surface area contributed by atoms with Crippen LogP contribution in [0.1, 0.15) is 37.1 Å². The number of para-hydroxylation sites is 1. The molecule has 0 saturated heterocycles. The Labute approximate surface area is 95.1 Å². The summed E-state index contributed by atoms with van der Waals surface area (Å²) in [6, 6.07) is 5.43. The van der Waals surface area contributed by atoms with E-state index >= 15 is 0 Å². The van der Waals surface area contributed by atoms with Crippen molar-refractivity contribution in [3.63, 3.8) is 0 Å². The molecule has 88 valence electrons. The number of ether oxygens (including phenoxy) is 1. The Hall–Kier alpha value is -1.09. The van der Waals surface area contributed by atoms with Crippen LogP contribution in [0.25, 0.3) is 0 Å². The number of benzene rings is 1. The summed E-state index contributed by atoms with van der Waals surface area (Å²) in [5, 5.41) is 9.88.